The maximum atomic E-state index is 12.4. The zero-order valence-corrected chi connectivity index (χ0v) is 16.7. The second kappa shape index (κ2) is 8.20. The summed E-state index contributed by atoms with van der Waals surface area (Å²) in [4.78, 5) is 24.3. The normalized spacial score (nSPS) is 15.5. The molecule has 2 aromatic rings. The Bertz CT molecular complexity index is 1020. The zero-order chi connectivity index (χ0) is 20.3. The molecular weight excluding hydrogens is 404 g/mol. The van der Waals surface area contributed by atoms with Gasteiger partial charge < -0.3 is 10.1 Å². The third-order valence-electron chi connectivity index (χ3n) is 4.38. The Morgan fingerprint density at radius 1 is 1.25 bits per heavy atom. The molecule has 28 heavy (non-hydrogen) atoms. The molecule has 1 aliphatic rings. The number of carbonyl (C=O) groups excluding carboxylic acids is 2. The average Bonchev–Trinajstić information content (AvgIpc) is 2.94. The number of hydrogen-bond acceptors (Lipinski definition) is 5. The average molecular weight is 423 g/mol. The Morgan fingerprint density at radius 2 is 2.00 bits per heavy atom. The summed E-state index contributed by atoms with van der Waals surface area (Å²) in [6.07, 6.45) is 0.511. The molecular formula is C19H19ClN2O5S. The number of para-hydroxylation sites is 1. The molecule has 0 unspecified atom stereocenters. The van der Waals surface area contributed by atoms with Crippen molar-refractivity contribution in [3.05, 3.63) is 58.6 Å². The number of nitrogens with one attached hydrogen (secondary N) is 1. The minimum absolute atomic E-state index is 0.0643. The van der Waals surface area contributed by atoms with Crippen molar-refractivity contribution in [1.29, 1.82) is 0 Å². The van der Waals surface area contributed by atoms with E-state index in [0.717, 1.165) is 15.6 Å². The van der Waals surface area contributed by atoms with Gasteiger partial charge in [-0.2, -0.15) is 0 Å². The minimum Gasteiger partial charge on any atom is -0.496 e. The lowest BCUT2D eigenvalue weighted by atomic mass is 10.1. The van der Waals surface area contributed by atoms with Crippen LogP contribution in [0.5, 0.6) is 5.75 Å². The van der Waals surface area contributed by atoms with Crippen LogP contribution in [-0.2, 0) is 21.2 Å². The molecule has 9 heteroatoms. The van der Waals surface area contributed by atoms with Crippen molar-refractivity contribution in [1.82, 2.24) is 5.32 Å². The van der Waals surface area contributed by atoms with Crippen LogP contribution in [0.1, 0.15) is 22.3 Å². The lowest BCUT2D eigenvalue weighted by Gasteiger charge is -2.16. The molecule has 1 fully saturated rings. The number of halogens is 1. The van der Waals surface area contributed by atoms with Crippen LogP contribution in [0.15, 0.2) is 42.5 Å². The summed E-state index contributed by atoms with van der Waals surface area (Å²) >= 11 is 6.17. The Morgan fingerprint density at radius 3 is 2.64 bits per heavy atom. The van der Waals surface area contributed by atoms with Crippen molar-refractivity contribution in [2.75, 3.05) is 23.7 Å². The van der Waals surface area contributed by atoms with E-state index >= 15 is 0 Å². The Balaban J connectivity index is 1.68. The second-order valence-electron chi connectivity index (χ2n) is 6.21. The molecule has 0 atom stereocenters. The molecule has 1 saturated heterocycles. The number of anilines is 1. The van der Waals surface area contributed by atoms with Gasteiger partial charge in [-0.05, 0) is 36.2 Å². The molecule has 0 aliphatic carbocycles. The first-order valence-corrected chi connectivity index (χ1v) is 10.6. The summed E-state index contributed by atoms with van der Waals surface area (Å²) in [5, 5.41) is 2.85. The van der Waals surface area contributed by atoms with Gasteiger partial charge in [0.15, 0.2) is 0 Å². The van der Waals surface area contributed by atoms with Crippen LogP contribution < -0.4 is 14.4 Å². The monoisotopic (exact) mass is 422 g/mol. The summed E-state index contributed by atoms with van der Waals surface area (Å²) in [6, 6.07) is 11.7. The van der Waals surface area contributed by atoms with Crippen LogP contribution in [0, 0.1) is 0 Å². The molecule has 3 rings (SSSR count). The Kier molecular flexibility index (Phi) is 5.90. The fourth-order valence-electron chi connectivity index (χ4n) is 3.00. The molecule has 148 valence electrons. The van der Waals surface area contributed by atoms with E-state index in [1.54, 1.807) is 7.11 Å². The van der Waals surface area contributed by atoms with E-state index in [1.807, 2.05) is 24.3 Å². The number of benzene rings is 2. The molecule has 1 heterocycles. The smallest absolute Gasteiger partial charge is 0.252 e. The maximum Gasteiger partial charge on any atom is 0.252 e. The zero-order valence-electron chi connectivity index (χ0n) is 15.1. The van der Waals surface area contributed by atoms with E-state index in [0.29, 0.717) is 13.0 Å². The standard InChI is InChI=1S/C19H19ClN2O5S/c1-27-17-5-3-2-4-13(17)8-10-21-19(24)15-7-6-14(12-16(15)20)22-18(23)9-11-28(22,25)26/h2-7,12H,8-11H2,1H3,(H,21,24). The van der Waals surface area contributed by atoms with Crippen LogP contribution in [0.3, 0.4) is 0 Å². The number of rotatable bonds is 6. The number of sulfonamides is 1. The van der Waals surface area contributed by atoms with Crippen LogP contribution in [-0.4, -0.2) is 39.6 Å². The van der Waals surface area contributed by atoms with Crippen LogP contribution in [0.4, 0.5) is 5.69 Å². The Hall–Kier alpha value is -2.58. The van der Waals surface area contributed by atoms with Gasteiger partial charge in [0, 0.05) is 13.0 Å². The molecule has 1 aliphatic heterocycles. The highest BCUT2D eigenvalue weighted by Gasteiger charge is 2.36. The molecule has 2 aromatic carbocycles. The van der Waals surface area contributed by atoms with Gasteiger partial charge in [-0.25, -0.2) is 12.7 Å². The van der Waals surface area contributed by atoms with Crippen molar-refractivity contribution in [2.45, 2.75) is 12.8 Å². The van der Waals surface area contributed by atoms with E-state index in [-0.39, 0.29) is 34.4 Å². The maximum absolute atomic E-state index is 12.4. The largest absolute Gasteiger partial charge is 0.496 e. The van der Waals surface area contributed by atoms with Gasteiger partial charge in [0.1, 0.15) is 5.75 Å². The first-order valence-electron chi connectivity index (χ1n) is 8.59. The number of hydrogen-bond donors (Lipinski definition) is 1. The number of nitrogens with zero attached hydrogens (tertiary/aromatic N) is 1. The molecule has 7 nitrogen and oxygen atoms in total. The topological polar surface area (TPSA) is 92.8 Å². The van der Waals surface area contributed by atoms with Crippen molar-refractivity contribution < 1.29 is 22.7 Å². The molecule has 0 aromatic heterocycles. The van der Waals surface area contributed by atoms with Gasteiger partial charge in [0.05, 0.1) is 29.1 Å². The molecule has 0 spiro atoms. The lowest BCUT2D eigenvalue weighted by Crippen LogP contribution is -2.29. The first kappa shape index (κ1) is 20.2. The quantitative estimate of drug-likeness (QED) is 0.771. The molecule has 1 N–H and O–H groups in total. The highest BCUT2D eigenvalue weighted by Crippen LogP contribution is 2.29. The number of amides is 2. The van der Waals surface area contributed by atoms with E-state index in [4.69, 9.17) is 16.3 Å². The van der Waals surface area contributed by atoms with Crippen molar-refractivity contribution in [3.63, 3.8) is 0 Å². The lowest BCUT2D eigenvalue weighted by molar-refractivity contribution is -0.116. The van der Waals surface area contributed by atoms with Crippen LogP contribution in [0.25, 0.3) is 0 Å². The summed E-state index contributed by atoms with van der Waals surface area (Å²) in [7, 11) is -2.09. The van der Waals surface area contributed by atoms with Crippen LogP contribution in [0.2, 0.25) is 5.02 Å². The predicted octanol–water partition coefficient (Wildman–Crippen LogP) is 2.39. The summed E-state index contributed by atoms with van der Waals surface area (Å²) in [6.45, 7) is 0.371. The third-order valence-corrected chi connectivity index (χ3v) is 6.39. The molecule has 0 saturated carbocycles. The van der Waals surface area contributed by atoms with Crippen LogP contribution >= 0.6 is 11.6 Å². The number of methoxy groups -OCH3 is 1. The van der Waals surface area contributed by atoms with Gasteiger partial charge in [-0.1, -0.05) is 29.8 Å². The van der Waals surface area contributed by atoms with Crippen molar-refractivity contribution in [3.8, 4) is 5.75 Å². The van der Waals surface area contributed by atoms with E-state index in [9.17, 15) is 18.0 Å². The minimum atomic E-state index is -3.68. The fourth-order valence-corrected chi connectivity index (χ4v) is 4.71. The van der Waals surface area contributed by atoms with Crippen molar-refractivity contribution in [2.24, 2.45) is 0 Å². The van der Waals surface area contributed by atoms with Gasteiger partial charge in [0.2, 0.25) is 15.9 Å². The van der Waals surface area contributed by atoms with Gasteiger partial charge in [-0.3, -0.25) is 9.59 Å². The number of carbonyl (C=O) groups is 2. The summed E-state index contributed by atoms with van der Waals surface area (Å²) in [5.74, 6) is -0.378. The van der Waals surface area contributed by atoms with Gasteiger partial charge in [-0.15, -0.1) is 0 Å². The molecule has 0 bridgehead atoms. The van der Waals surface area contributed by atoms with E-state index in [2.05, 4.69) is 5.32 Å². The number of ether oxygens (including phenoxy) is 1. The first-order chi connectivity index (χ1) is 13.3. The summed E-state index contributed by atoms with van der Waals surface area (Å²) in [5.41, 5.74) is 1.30. The van der Waals surface area contributed by atoms with Gasteiger partial charge >= 0.3 is 0 Å². The molecule has 0 radical (unpaired) electrons. The Labute approximate surface area is 168 Å². The second-order valence-corrected chi connectivity index (χ2v) is 8.55. The highest BCUT2D eigenvalue weighted by molar-refractivity contribution is 7.94. The molecule has 2 amide bonds. The predicted molar refractivity (Wildman–Crippen MR) is 106 cm³/mol. The fraction of sp³-hybridized carbons (Fsp3) is 0.263. The summed E-state index contributed by atoms with van der Waals surface area (Å²) < 4.78 is 30.0. The van der Waals surface area contributed by atoms with Crippen molar-refractivity contribution >= 4 is 39.1 Å². The van der Waals surface area contributed by atoms with Gasteiger partial charge in [0.25, 0.3) is 5.91 Å². The third kappa shape index (κ3) is 4.13. The highest BCUT2D eigenvalue weighted by atomic mass is 35.5. The van der Waals surface area contributed by atoms with E-state index < -0.39 is 15.9 Å². The SMILES string of the molecule is COc1ccccc1CCNC(=O)c1ccc(N2C(=O)CCS2(=O)=O)cc1Cl. The van der Waals surface area contributed by atoms with E-state index in [1.165, 1.54) is 18.2 Å².